The van der Waals surface area contributed by atoms with E-state index in [1.807, 2.05) is 0 Å². The van der Waals surface area contributed by atoms with Gasteiger partial charge in [-0.3, -0.25) is 0 Å². The highest BCUT2D eigenvalue weighted by Gasteiger charge is 2.15. The van der Waals surface area contributed by atoms with Crippen molar-refractivity contribution < 1.29 is 18.7 Å². The van der Waals surface area contributed by atoms with Crippen LogP contribution in [0.1, 0.15) is 10.4 Å². The molecule has 2 aromatic rings. The number of nitrogen functional groups attached to an aromatic ring is 1. The lowest BCUT2D eigenvalue weighted by Crippen LogP contribution is -2.05. The lowest BCUT2D eigenvalue weighted by molar-refractivity contribution is 0.0698. The van der Waals surface area contributed by atoms with E-state index in [0.29, 0.717) is 6.07 Å². The van der Waals surface area contributed by atoms with Crippen LogP contribution in [0.25, 0.3) is 0 Å². The van der Waals surface area contributed by atoms with Gasteiger partial charge in [-0.2, -0.15) is 0 Å². The van der Waals surface area contributed by atoms with E-state index in [9.17, 15) is 13.6 Å². The molecule has 7 heteroatoms. The summed E-state index contributed by atoms with van der Waals surface area (Å²) >= 11 is 5.74. The van der Waals surface area contributed by atoms with Crippen molar-refractivity contribution in [2.45, 2.75) is 0 Å². The molecule has 20 heavy (non-hydrogen) atoms. The number of nitrogens with one attached hydrogen (secondary N) is 1. The number of carboxylic acid groups (broad SMARTS) is 1. The summed E-state index contributed by atoms with van der Waals surface area (Å²) < 4.78 is 26.6. The molecular weight excluding hydrogens is 290 g/mol. The summed E-state index contributed by atoms with van der Waals surface area (Å²) in [5.74, 6) is -2.98. The Morgan fingerprint density at radius 3 is 2.55 bits per heavy atom. The quantitative estimate of drug-likeness (QED) is 0.756. The van der Waals surface area contributed by atoms with Crippen molar-refractivity contribution in [2.24, 2.45) is 0 Å². The van der Waals surface area contributed by atoms with Gasteiger partial charge in [-0.05, 0) is 24.3 Å². The van der Waals surface area contributed by atoms with Crippen molar-refractivity contribution in [3.05, 3.63) is 52.6 Å². The standard InChI is InChI=1S/C13H9ClF2N2O2/c14-9-3-6(15)4-10(16)12(9)18-11-5-7(17)1-2-8(11)13(19)20/h1-5,18H,17H2,(H,19,20). The van der Waals surface area contributed by atoms with E-state index < -0.39 is 17.6 Å². The minimum Gasteiger partial charge on any atom is -0.478 e. The maximum atomic E-state index is 13.7. The zero-order chi connectivity index (χ0) is 14.9. The monoisotopic (exact) mass is 298 g/mol. The Kier molecular flexibility index (Phi) is 3.76. The van der Waals surface area contributed by atoms with E-state index in [2.05, 4.69) is 5.32 Å². The molecule has 0 fully saturated rings. The van der Waals surface area contributed by atoms with Crippen LogP contribution in [-0.4, -0.2) is 11.1 Å². The van der Waals surface area contributed by atoms with E-state index >= 15 is 0 Å². The topological polar surface area (TPSA) is 75.4 Å². The molecule has 0 radical (unpaired) electrons. The van der Waals surface area contributed by atoms with Crippen LogP contribution in [-0.2, 0) is 0 Å². The number of anilines is 3. The van der Waals surface area contributed by atoms with Gasteiger partial charge < -0.3 is 16.2 Å². The van der Waals surface area contributed by atoms with Crippen molar-refractivity contribution in [3.8, 4) is 0 Å². The molecule has 0 unspecified atom stereocenters. The summed E-state index contributed by atoms with van der Waals surface area (Å²) in [4.78, 5) is 11.1. The van der Waals surface area contributed by atoms with E-state index in [1.165, 1.54) is 18.2 Å². The van der Waals surface area contributed by atoms with Crippen LogP contribution in [0.15, 0.2) is 30.3 Å². The predicted octanol–water partition coefficient (Wildman–Crippen LogP) is 3.64. The molecule has 104 valence electrons. The van der Waals surface area contributed by atoms with Gasteiger partial charge in [0, 0.05) is 11.8 Å². The summed E-state index contributed by atoms with van der Waals surface area (Å²) in [5.41, 5.74) is 5.58. The number of nitrogens with two attached hydrogens (primary N) is 1. The van der Waals surface area contributed by atoms with Crippen molar-refractivity contribution >= 4 is 34.6 Å². The van der Waals surface area contributed by atoms with E-state index in [4.69, 9.17) is 22.4 Å². The summed E-state index contributed by atoms with van der Waals surface area (Å²) in [6.45, 7) is 0. The maximum absolute atomic E-state index is 13.7. The highest BCUT2D eigenvalue weighted by atomic mass is 35.5. The molecule has 0 heterocycles. The Bertz CT molecular complexity index is 669. The third kappa shape index (κ3) is 2.80. The van der Waals surface area contributed by atoms with Crippen molar-refractivity contribution in [3.63, 3.8) is 0 Å². The molecule has 0 aliphatic carbocycles. The van der Waals surface area contributed by atoms with Crippen molar-refractivity contribution in [2.75, 3.05) is 11.1 Å². The highest BCUT2D eigenvalue weighted by Crippen LogP contribution is 2.31. The first-order chi connectivity index (χ1) is 9.38. The first-order valence-corrected chi connectivity index (χ1v) is 5.80. The average Bonchev–Trinajstić information content (AvgIpc) is 2.33. The number of aromatic carboxylic acids is 1. The van der Waals surface area contributed by atoms with Gasteiger partial charge in [0.2, 0.25) is 0 Å². The van der Waals surface area contributed by atoms with Crippen LogP contribution in [0.3, 0.4) is 0 Å². The third-order valence-corrected chi connectivity index (χ3v) is 2.84. The SMILES string of the molecule is Nc1ccc(C(=O)O)c(Nc2c(F)cc(F)cc2Cl)c1. The molecule has 0 aromatic heterocycles. The molecule has 0 amide bonds. The Morgan fingerprint density at radius 2 is 1.95 bits per heavy atom. The van der Waals surface area contributed by atoms with Crippen LogP contribution in [0.2, 0.25) is 5.02 Å². The molecule has 0 bridgehead atoms. The van der Waals surface area contributed by atoms with Gasteiger partial charge in [-0.1, -0.05) is 11.6 Å². The predicted molar refractivity (Wildman–Crippen MR) is 72.5 cm³/mol. The second kappa shape index (κ2) is 5.34. The number of halogens is 3. The van der Waals surface area contributed by atoms with Gasteiger partial charge in [0.05, 0.1) is 22.0 Å². The molecule has 0 saturated carbocycles. The Balaban J connectivity index is 2.50. The molecule has 2 rings (SSSR count). The van der Waals surface area contributed by atoms with Gasteiger partial charge >= 0.3 is 5.97 Å². The largest absolute Gasteiger partial charge is 0.478 e. The number of hydrogen-bond donors (Lipinski definition) is 3. The van der Waals surface area contributed by atoms with Crippen LogP contribution < -0.4 is 11.1 Å². The van der Waals surface area contributed by atoms with Crippen LogP contribution >= 0.6 is 11.6 Å². The van der Waals surface area contributed by atoms with Gasteiger partial charge in [0.25, 0.3) is 0 Å². The molecular formula is C13H9ClF2N2O2. The fourth-order valence-electron chi connectivity index (χ4n) is 1.65. The number of hydrogen-bond acceptors (Lipinski definition) is 3. The molecule has 2 aromatic carbocycles. The normalized spacial score (nSPS) is 10.3. The summed E-state index contributed by atoms with van der Waals surface area (Å²) in [7, 11) is 0. The van der Waals surface area contributed by atoms with Gasteiger partial charge in [-0.15, -0.1) is 0 Å². The second-order valence-corrected chi connectivity index (χ2v) is 4.39. The second-order valence-electron chi connectivity index (χ2n) is 3.98. The third-order valence-electron chi connectivity index (χ3n) is 2.54. The fourth-order valence-corrected chi connectivity index (χ4v) is 1.89. The minimum atomic E-state index is -1.22. The smallest absolute Gasteiger partial charge is 0.337 e. The van der Waals surface area contributed by atoms with E-state index in [-0.39, 0.29) is 27.6 Å². The minimum absolute atomic E-state index is 0.0601. The Hall–Kier alpha value is -2.34. The first-order valence-electron chi connectivity index (χ1n) is 5.43. The summed E-state index contributed by atoms with van der Waals surface area (Å²) in [6, 6.07) is 5.55. The lowest BCUT2D eigenvalue weighted by atomic mass is 10.1. The Labute approximate surface area is 117 Å². The molecule has 0 atom stereocenters. The lowest BCUT2D eigenvalue weighted by Gasteiger charge is -2.12. The van der Waals surface area contributed by atoms with E-state index in [0.717, 1.165) is 6.07 Å². The molecule has 4 N–H and O–H groups in total. The summed E-state index contributed by atoms with van der Waals surface area (Å²) in [6.07, 6.45) is 0. The zero-order valence-corrected chi connectivity index (χ0v) is 10.7. The molecule has 4 nitrogen and oxygen atoms in total. The number of carboxylic acids is 1. The van der Waals surface area contributed by atoms with Crippen LogP contribution in [0.5, 0.6) is 0 Å². The molecule has 0 aliphatic rings. The average molecular weight is 299 g/mol. The van der Waals surface area contributed by atoms with Crippen LogP contribution in [0.4, 0.5) is 25.8 Å². The molecule has 0 saturated heterocycles. The fraction of sp³-hybridized carbons (Fsp3) is 0. The van der Waals surface area contributed by atoms with Gasteiger partial charge in [0.1, 0.15) is 5.82 Å². The zero-order valence-electron chi connectivity index (χ0n) is 9.95. The van der Waals surface area contributed by atoms with Gasteiger partial charge in [0.15, 0.2) is 5.82 Å². The van der Waals surface area contributed by atoms with Crippen molar-refractivity contribution in [1.82, 2.24) is 0 Å². The number of carbonyl (C=O) groups is 1. The first kappa shape index (κ1) is 14.1. The van der Waals surface area contributed by atoms with Gasteiger partial charge in [-0.25, -0.2) is 13.6 Å². The van der Waals surface area contributed by atoms with Crippen LogP contribution in [0, 0.1) is 11.6 Å². The van der Waals surface area contributed by atoms with Crippen molar-refractivity contribution in [1.29, 1.82) is 0 Å². The Morgan fingerprint density at radius 1 is 1.25 bits per heavy atom. The number of rotatable bonds is 3. The molecule has 0 aliphatic heterocycles. The molecule has 0 spiro atoms. The summed E-state index contributed by atoms with van der Waals surface area (Å²) in [5, 5.41) is 11.4. The highest BCUT2D eigenvalue weighted by molar-refractivity contribution is 6.33. The van der Waals surface area contributed by atoms with E-state index in [1.54, 1.807) is 0 Å². The maximum Gasteiger partial charge on any atom is 0.337 e. The number of benzene rings is 2.